The Morgan fingerprint density at radius 2 is 1.83 bits per heavy atom. The van der Waals surface area contributed by atoms with Gasteiger partial charge in [-0.1, -0.05) is 40.5 Å². The average Bonchev–Trinajstić information content (AvgIpc) is 2.92. The average molecular weight is 252 g/mol. The number of rotatable bonds is 4. The third kappa shape index (κ3) is 2.07. The number of nitrogens with zero attached hydrogens (tertiary/aromatic N) is 1. The summed E-state index contributed by atoms with van der Waals surface area (Å²) in [4.78, 5) is 15.0. The van der Waals surface area contributed by atoms with Crippen molar-refractivity contribution >= 4 is 5.91 Å². The molecule has 0 aromatic carbocycles. The van der Waals surface area contributed by atoms with Crippen molar-refractivity contribution in [1.82, 2.24) is 10.2 Å². The molecule has 1 saturated carbocycles. The Labute approximate surface area is 111 Å². The fraction of sp³-hybridized carbons (Fsp3) is 0.933. The lowest BCUT2D eigenvalue weighted by atomic mass is 9.97. The highest BCUT2D eigenvalue weighted by Gasteiger charge is 2.53. The number of hydrogen-bond donors (Lipinski definition) is 1. The maximum Gasteiger partial charge on any atom is 0.244 e. The molecule has 1 unspecified atom stereocenters. The SMILES string of the molecule is CCC(CC)N1C(=O)C2(CCCC2)NC1C(C)C. The topological polar surface area (TPSA) is 32.3 Å². The second-order valence-corrected chi connectivity index (χ2v) is 6.31. The minimum absolute atomic E-state index is 0.211. The molecule has 2 fully saturated rings. The van der Waals surface area contributed by atoms with Gasteiger partial charge in [0.15, 0.2) is 0 Å². The van der Waals surface area contributed by atoms with Gasteiger partial charge >= 0.3 is 0 Å². The van der Waals surface area contributed by atoms with Crippen molar-refractivity contribution in [2.75, 3.05) is 0 Å². The number of carbonyl (C=O) groups is 1. The molecule has 104 valence electrons. The van der Waals surface area contributed by atoms with Crippen LogP contribution in [0.15, 0.2) is 0 Å². The molecule has 1 spiro atoms. The standard InChI is InChI=1S/C15H28N2O/c1-5-12(6-2)17-13(11(3)4)16-15(14(17)18)9-7-8-10-15/h11-13,16H,5-10H2,1-4H3. The molecule has 0 aromatic rings. The van der Waals surface area contributed by atoms with Crippen LogP contribution in [0.2, 0.25) is 0 Å². The van der Waals surface area contributed by atoms with Crippen LogP contribution in [0.4, 0.5) is 0 Å². The van der Waals surface area contributed by atoms with Gasteiger partial charge in [-0.15, -0.1) is 0 Å². The van der Waals surface area contributed by atoms with E-state index < -0.39 is 0 Å². The lowest BCUT2D eigenvalue weighted by molar-refractivity contribution is -0.136. The molecule has 3 heteroatoms. The van der Waals surface area contributed by atoms with Crippen LogP contribution >= 0.6 is 0 Å². The Morgan fingerprint density at radius 1 is 1.28 bits per heavy atom. The Hall–Kier alpha value is -0.570. The Balaban J connectivity index is 2.27. The highest BCUT2D eigenvalue weighted by Crippen LogP contribution is 2.39. The molecule has 1 heterocycles. The van der Waals surface area contributed by atoms with Crippen LogP contribution in [-0.2, 0) is 4.79 Å². The molecule has 2 aliphatic rings. The summed E-state index contributed by atoms with van der Waals surface area (Å²) < 4.78 is 0. The van der Waals surface area contributed by atoms with Gasteiger partial charge in [-0.3, -0.25) is 10.1 Å². The van der Waals surface area contributed by atoms with Crippen LogP contribution < -0.4 is 5.32 Å². The normalized spacial score (nSPS) is 27.1. The Bertz CT molecular complexity index is 304. The molecule has 0 aromatic heterocycles. The smallest absolute Gasteiger partial charge is 0.244 e. The maximum atomic E-state index is 12.9. The van der Waals surface area contributed by atoms with Crippen molar-refractivity contribution in [3.8, 4) is 0 Å². The predicted octanol–water partition coefficient (Wildman–Crippen LogP) is 2.90. The Kier molecular flexibility index (Phi) is 4.00. The van der Waals surface area contributed by atoms with Gasteiger partial charge in [-0.2, -0.15) is 0 Å². The maximum absolute atomic E-state index is 12.9. The molecule has 1 saturated heterocycles. The van der Waals surface area contributed by atoms with Crippen molar-refractivity contribution in [1.29, 1.82) is 0 Å². The lowest BCUT2D eigenvalue weighted by Gasteiger charge is -2.33. The summed E-state index contributed by atoms with van der Waals surface area (Å²) in [5.74, 6) is 0.863. The van der Waals surface area contributed by atoms with Crippen LogP contribution in [-0.4, -0.2) is 28.6 Å². The minimum atomic E-state index is -0.211. The lowest BCUT2D eigenvalue weighted by Crippen LogP contribution is -2.47. The van der Waals surface area contributed by atoms with Crippen molar-refractivity contribution in [3.63, 3.8) is 0 Å². The molecule has 1 atom stereocenters. The van der Waals surface area contributed by atoms with E-state index in [9.17, 15) is 4.79 Å². The summed E-state index contributed by atoms with van der Waals surface area (Å²) in [6.07, 6.45) is 6.81. The number of hydrogen-bond acceptors (Lipinski definition) is 2. The monoisotopic (exact) mass is 252 g/mol. The predicted molar refractivity (Wildman–Crippen MR) is 74.2 cm³/mol. The first-order valence-electron chi connectivity index (χ1n) is 7.66. The third-order valence-corrected chi connectivity index (χ3v) is 4.79. The molecule has 1 N–H and O–H groups in total. The van der Waals surface area contributed by atoms with Gasteiger partial charge in [0.1, 0.15) is 0 Å². The van der Waals surface area contributed by atoms with Gasteiger partial charge in [0.2, 0.25) is 5.91 Å². The fourth-order valence-corrected chi connectivity index (χ4v) is 3.69. The van der Waals surface area contributed by atoms with E-state index in [-0.39, 0.29) is 11.7 Å². The summed E-state index contributed by atoms with van der Waals surface area (Å²) in [5.41, 5.74) is -0.211. The Morgan fingerprint density at radius 3 is 2.28 bits per heavy atom. The first-order valence-corrected chi connectivity index (χ1v) is 7.66. The quantitative estimate of drug-likeness (QED) is 0.834. The van der Waals surface area contributed by atoms with E-state index in [0.717, 1.165) is 25.7 Å². The van der Waals surface area contributed by atoms with Crippen LogP contribution in [0.1, 0.15) is 66.2 Å². The number of nitrogens with one attached hydrogen (secondary N) is 1. The van der Waals surface area contributed by atoms with E-state index in [0.29, 0.717) is 17.9 Å². The van der Waals surface area contributed by atoms with Gasteiger partial charge in [-0.25, -0.2) is 0 Å². The first kappa shape index (κ1) is 13.9. The van der Waals surface area contributed by atoms with Crippen molar-refractivity contribution in [2.45, 2.75) is 84.0 Å². The second kappa shape index (κ2) is 5.20. The largest absolute Gasteiger partial charge is 0.322 e. The highest BCUT2D eigenvalue weighted by atomic mass is 16.2. The molecular formula is C15H28N2O. The molecule has 1 aliphatic carbocycles. The summed E-state index contributed by atoms with van der Waals surface area (Å²) in [5, 5.41) is 3.69. The van der Waals surface area contributed by atoms with Crippen LogP contribution in [0.3, 0.4) is 0 Å². The highest BCUT2D eigenvalue weighted by molar-refractivity contribution is 5.89. The zero-order chi connectivity index (χ0) is 13.3. The molecular weight excluding hydrogens is 224 g/mol. The van der Waals surface area contributed by atoms with Crippen LogP contribution in [0.25, 0.3) is 0 Å². The van der Waals surface area contributed by atoms with Crippen molar-refractivity contribution in [2.24, 2.45) is 5.92 Å². The van der Waals surface area contributed by atoms with Gasteiger partial charge < -0.3 is 4.90 Å². The fourth-order valence-electron chi connectivity index (χ4n) is 3.69. The molecule has 2 rings (SSSR count). The first-order chi connectivity index (χ1) is 8.55. The molecule has 0 bridgehead atoms. The van der Waals surface area contributed by atoms with Crippen LogP contribution in [0.5, 0.6) is 0 Å². The van der Waals surface area contributed by atoms with E-state index in [2.05, 4.69) is 37.9 Å². The zero-order valence-corrected chi connectivity index (χ0v) is 12.3. The van der Waals surface area contributed by atoms with Crippen molar-refractivity contribution < 1.29 is 4.79 Å². The van der Waals surface area contributed by atoms with Gasteiger partial charge in [-0.05, 0) is 31.6 Å². The summed E-state index contributed by atoms with van der Waals surface area (Å²) in [6.45, 7) is 8.82. The van der Waals surface area contributed by atoms with E-state index in [4.69, 9.17) is 0 Å². The number of amides is 1. The second-order valence-electron chi connectivity index (χ2n) is 6.31. The summed E-state index contributed by atoms with van der Waals surface area (Å²) in [7, 11) is 0. The molecule has 0 radical (unpaired) electrons. The van der Waals surface area contributed by atoms with Crippen molar-refractivity contribution in [3.05, 3.63) is 0 Å². The molecule has 3 nitrogen and oxygen atoms in total. The minimum Gasteiger partial charge on any atom is -0.322 e. The van der Waals surface area contributed by atoms with E-state index in [1.165, 1.54) is 12.8 Å². The third-order valence-electron chi connectivity index (χ3n) is 4.79. The van der Waals surface area contributed by atoms with Gasteiger partial charge in [0, 0.05) is 6.04 Å². The van der Waals surface area contributed by atoms with Crippen LogP contribution in [0, 0.1) is 5.92 Å². The zero-order valence-electron chi connectivity index (χ0n) is 12.3. The summed E-state index contributed by atoms with van der Waals surface area (Å²) >= 11 is 0. The van der Waals surface area contributed by atoms with Gasteiger partial charge in [0.25, 0.3) is 0 Å². The summed E-state index contributed by atoms with van der Waals surface area (Å²) in [6, 6.07) is 0.400. The van der Waals surface area contributed by atoms with E-state index >= 15 is 0 Å². The molecule has 18 heavy (non-hydrogen) atoms. The molecule has 1 amide bonds. The van der Waals surface area contributed by atoms with E-state index in [1.54, 1.807) is 0 Å². The number of carbonyl (C=O) groups excluding carboxylic acids is 1. The van der Waals surface area contributed by atoms with E-state index in [1.807, 2.05) is 0 Å². The molecule has 1 aliphatic heterocycles. The van der Waals surface area contributed by atoms with Gasteiger partial charge in [0.05, 0.1) is 11.7 Å².